The van der Waals surface area contributed by atoms with Gasteiger partial charge in [0.2, 0.25) is 0 Å². The summed E-state index contributed by atoms with van der Waals surface area (Å²) in [5, 5.41) is 2.62. The molecule has 0 saturated carbocycles. The van der Waals surface area contributed by atoms with Crippen molar-refractivity contribution in [2.75, 3.05) is 5.73 Å². The summed E-state index contributed by atoms with van der Waals surface area (Å²) >= 11 is 0. The molecule has 0 bridgehead atoms. The minimum atomic E-state index is -0.803. The molecule has 0 atom stereocenters. The Bertz CT molecular complexity index is 615. The van der Waals surface area contributed by atoms with Crippen molar-refractivity contribution in [2.24, 2.45) is 0 Å². The maximum atomic E-state index is 13.6. The van der Waals surface area contributed by atoms with Crippen LogP contribution in [0.2, 0.25) is 0 Å². The zero-order valence-electron chi connectivity index (χ0n) is 10.4. The van der Waals surface area contributed by atoms with Crippen molar-refractivity contribution in [3.63, 3.8) is 0 Å². The van der Waals surface area contributed by atoms with E-state index in [1.54, 1.807) is 12.4 Å². The fourth-order valence-corrected chi connectivity index (χ4v) is 1.59. The van der Waals surface area contributed by atoms with Crippen molar-refractivity contribution in [2.45, 2.75) is 13.5 Å². The fourth-order valence-electron chi connectivity index (χ4n) is 1.59. The molecule has 0 fully saturated rings. The second-order valence-corrected chi connectivity index (χ2v) is 4.04. The minimum Gasteiger partial charge on any atom is -0.381 e. The summed E-state index contributed by atoms with van der Waals surface area (Å²) in [6, 6.07) is 3.13. The molecule has 5 nitrogen and oxygen atoms in total. The Hall–Kier alpha value is -2.50. The molecule has 2 rings (SSSR count). The van der Waals surface area contributed by atoms with Gasteiger partial charge in [-0.3, -0.25) is 9.78 Å². The quantitative estimate of drug-likeness (QED) is 0.875. The van der Waals surface area contributed by atoms with E-state index in [4.69, 9.17) is 5.73 Å². The zero-order valence-corrected chi connectivity index (χ0v) is 10.4. The van der Waals surface area contributed by atoms with E-state index in [9.17, 15) is 9.18 Å². The third-order valence-electron chi connectivity index (χ3n) is 2.75. The molecule has 0 aliphatic rings. The number of aryl methyl sites for hydroxylation is 1. The van der Waals surface area contributed by atoms with Crippen LogP contribution < -0.4 is 11.1 Å². The second kappa shape index (κ2) is 5.43. The van der Waals surface area contributed by atoms with Gasteiger partial charge >= 0.3 is 0 Å². The number of carbonyl (C=O) groups is 1. The van der Waals surface area contributed by atoms with E-state index in [0.29, 0.717) is 0 Å². The highest BCUT2D eigenvalue weighted by atomic mass is 19.1. The molecule has 6 heteroatoms. The molecule has 98 valence electrons. The number of rotatable bonds is 3. The van der Waals surface area contributed by atoms with E-state index < -0.39 is 11.7 Å². The molecule has 2 aromatic rings. The molecule has 3 N–H and O–H groups in total. The molecule has 1 amide bonds. The van der Waals surface area contributed by atoms with E-state index in [-0.39, 0.29) is 17.9 Å². The van der Waals surface area contributed by atoms with Crippen molar-refractivity contribution in [3.8, 4) is 0 Å². The molecule has 2 aromatic heterocycles. The van der Waals surface area contributed by atoms with Gasteiger partial charge in [0, 0.05) is 25.1 Å². The summed E-state index contributed by atoms with van der Waals surface area (Å²) in [6.45, 7) is 2.19. The third kappa shape index (κ3) is 2.85. The Balaban J connectivity index is 2.10. The highest BCUT2D eigenvalue weighted by Gasteiger charge is 2.14. The highest BCUT2D eigenvalue weighted by Crippen LogP contribution is 2.12. The Labute approximate surface area is 109 Å². The van der Waals surface area contributed by atoms with E-state index in [2.05, 4.69) is 15.3 Å². The predicted molar refractivity (Wildman–Crippen MR) is 68.8 cm³/mol. The van der Waals surface area contributed by atoms with Gasteiger partial charge < -0.3 is 11.1 Å². The first-order valence-corrected chi connectivity index (χ1v) is 5.67. The van der Waals surface area contributed by atoms with Crippen molar-refractivity contribution in [1.29, 1.82) is 0 Å². The molecule has 0 unspecified atom stereocenters. The predicted octanol–water partition coefficient (Wildman–Crippen LogP) is 1.44. The Kier molecular flexibility index (Phi) is 3.70. The molecule has 0 aliphatic heterocycles. The first kappa shape index (κ1) is 12.9. The van der Waals surface area contributed by atoms with Crippen LogP contribution in [-0.2, 0) is 6.54 Å². The summed E-state index contributed by atoms with van der Waals surface area (Å²) in [5.41, 5.74) is 7.08. The van der Waals surface area contributed by atoms with Crippen molar-refractivity contribution in [1.82, 2.24) is 15.3 Å². The lowest BCUT2D eigenvalue weighted by Crippen LogP contribution is -2.24. The maximum Gasteiger partial charge on any atom is 0.254 e. The van der Waals surface area contributed by atoms with Crippen LogP contribution >= 0.6 is 0 Å². The standard InChI is InChI=1S/C13H13FN4O/c1-8-2-4-16-6-9(8)7-18-13(19)10-3-5-17-12(15)11(10)14/h2-6H,7H2,1H3,(H2,15,17)(H,18,19). The average molecular weight is 260 g/mol. The minimum absolute atomic E-state index is 0.117. The van der Waals surface area contributed by atoms with Gasteiger partial charge in [0.05, 0.1) is 5.56 Å². The van der Waals surface area contributed by atoms with Crippen LogP contribution in [0.4, 0.5) is 10.2 Å². The number of pyridine rings is 2. The largest absolute Gasteiger partial charge is 0.381 e. The number of nitrogens with zero attached hydrogens (tertiary/aromatic N) is 2. The van der Waals surface area contributed by atoms with Crippen LogP contribution in [0.25, 0.3) is 0 Å². The highest BCUT2D eigenvalue weighted by molar-refractivity contribution is 5.95. The number of hydrogen-bond donors (Lipinski definition) is 2. The fraction of sp³-hybridized carbons (Fsp3) is 0.154. The van der Waals surface area contributed by atoms with Gasteiger partial charge in [0.1, 0.15) is 0 Å². The Morgan fingerprint density at radius 3 is 2.95 bits per heavy atom. The van der Waals surface area contributed by atoms with Crippen LogP contribution in [0, 0.1) is 12.7 Å². The molecule has 0 radical (unpaired) electrons. The Morgan fingerprint density at radius 1 is 1.42 bits per heavy atom. The number of carbonyl (C=O) groups excluding carboxylic acids is 1. The lowest BCUT2D eigenvalue weighted by Gasteiger charge is -2.08. The number of halogens is 1. The SMILES string of the molecule is Cc1ccncc1CNC(=O)c1ccnc(N)c1F. The summed E-state index contributed by atoms with van der Waals surface area (Å²) < 4.78 is 13.6. The topological polar surface area (TPSA) is 80.9 Å². The molecule has 0 saturated heterocycles. The van der Waals surface area contributed by atoms with E-state index >= 15 is 0 Å². The number of hydrogen-bond acceptors (Lipinski definition) is 4. The first-order valence-electron chi connectivity index (χ1n) is 5.67. The van der Waals surface area contributed by atoms with Gasteiger partial charge in [0.15, 0.2) is 11.6 Å². The molecule has 19 heavy (non-hydrogen) atoms. The molecular weight excluding hydrogens is 247 g/mol. The normalized spacial score (nSPS) is 10.2. The van der Waals surface area contributed by atoms with Gasteiger partial charge in [0.25, 0.3) is 5.91 Å². The van der Waals surface area contributed by atoms with Crippen molar-refractivity contribution in [3.05, 3.63) is 53.2 Å². The molecule has 0 aromatic carbocycles. The summed E-state index contributed by atoms with van der Waals surface area (Å²) in [6.07, 6.45) is 4.62. The summed E-state index contributed by atoms with van der Waals surface area (Å²) in [7, 11) is 0. The average Bonchev–Trinajstić information content (AvgIpc) is 2.40. The number of nitrogen functional groups attached to an aromatic ring is 1. The van der Waals surface area contributed by atoms with Gasteiger partial charge in [-0.1, -0.05) is 0 Å². The van der Waals surface area contributed by atoms with Gasteiger partial charge in [-0.25, -0.2) is 9.37 Å². The number of aromatic nitrogens is 2. The lowest BCUT2D eigenvalue weighted by molar-refractivity contribution is 0.0946. The van der Waals surface area contributed by atoms with Gasteiger partial charge in [-0.15, -0.1) is 0 Å². The lowest BCUT2D eigenvalue weighted by atomic mass is 10.1. The van der Waals surface area contributed by atoms with Crippen molar-refractivity contribution < 1.29 is 9.18 Å². The molecule has 0 aliphatic carbocycles. The summed E-state index contributed by atoms with van der Waals surface area (Å²) in [4.78, 5) is 19.4. The van der Waals surface area contributed by atoms with E-state index in [0.717, 1.165) is 11.1 Å². The number of nitrogens with one attached hydrogen (secondary N) is 1. The second-order valence-electron chi connectivity index (χ2n) is 4.04. The number of amides is 1. The number of anilines is 1. The Morgan fingerprint density at radius 2 is 2.21 bits per heavy atom. The van der Waals surface area contributed by atoms with Crippen LogP contribution in [0.3, 0.4) is 0 Å². The smallest absolute Gasteiger partial charge is 0.254 e. The third-order valence-corrected chi connectivity index (χ3v) is 2.75. The van der Waals surface area contributed by atoms with Gasteiger partial charge in [-0.2, -0.15) is 0 Å². The summed E-state index contributed by atoms with van der Waals surface area (Å²) in [5.74, 6) is -1.62. The first-order chi connectivity index (χ1) is 9.09. The van der Waals surface area contributed by atoms with E-state index in [1.165, 1.54) is 12.3 Å². The molecule has 0 spiro atoms. The van der Waals surface area contributed by atoms with Crippen molar-refractivity contribution >= 4 is 11.7 Å². The molecule has 2 heterocycles. The van der Waals surface area contributed by atoms with Crippen LogP contribution in [0.1, 0.15) is 21.5 Å². The number of nitrogens with two attached hydrogens (primary N) is 1. The maximum absolute atomic E-state index is 13.6. The van der Waals surface area contributed by atoms with Crippen LogP contribution in [0.15, 0.2) is 30.7 Å². The van der Waals surface area contributed by atoms with E-state index in [1.807, 2.05) is 13.0 Å². The van der Waals surface area contributed by atoms with Crippen LogP contribution in [-0.4, -0.2) is 15.9 Å². The monoisotopic (exact) mass is 260 g/mol. The zero-order chi connectivity index (χ0) is 13.8. The molecular formula is C13H13FN4O. The van der Waals surface area contributed by atoms with Gasteiger partial charge in [-0.05, 0) is 30.2 Å². The van der Waals surface area contributed by atoms with Crippen LogP contribution in [0.5, 0.6) is 0 Å².